The molecule has 0 spiro atoms. The van der Waals surface area contributed by atoms with Crippen molar-refractivity contribution in [3.8, 4) is 5.69 Å². The summed E-state index contributed by atoms with van der Waals surface area (Å²) in [5.74, 6) is -0.317. The van der Waals surface area contributed by atoms with E-state index in [2.05, 4.69) is 15.5 Å². The number of halogens is 1. The van der Waals surface area contributed by atoms with Crippen molar-refractivity contribution in [2.75, 3.05) is 5.32 Å². The van der Waals surface area contributed by atoms with Gasteiger partial charge in [0.05, 0.1) is 5.69 Å². The van der Waals surface area contributed by atoms with Crippen molar-refractivity contribution in [2.24, 2.45) is 0 Å². The molecule has 1 heterocycles. The second kappa shape index (κ2) is 6.16. The number of nitrogens with zero attached hydrogens (tertiary/aromatic N) is 3. The normalized spacial score (nSPS) is 10.9. The number of amides is 1. The Hall–Kier alpha value is -2.76. The molecule has 2 aromatic carbocycles. The monoisotopic (exact) mass is 312 g/mol. The second-order valence-electron chi connectivity index (χ2n) is 5.42. The van der Waals surface area contributed by atoms with E-state index < -0.39 is 0 Å². The maximum absolute atomic E-state index is 13.0. The lowest BCUT2D eigenvalue weighted by atomic mass is 10.1. The second-order valence-corrected chi connectivity index (χ2v) is 5.42. The lowest BCUT2D eigenvalue weighted by Crippen LogP contribution is -2.11. The number of rotatable bonds is 4. The van der Waals surface area contributed by atoms with Gasteiger partial charge in [-0.2, -0.15) is 4.80 Å². The van der Waals surface area contributed by atoms with Crippen molar-refractivity contribution < 1.29 is 9.18 Å². The SMILES string of the molecule is CCCC(=O)Nc1cc2nn(-c3ccc(F)cc3)nc2cc1C. The first-order valence-corrected chi connectivity index (χ1v) is 7.50. The molecule has 0 aliphatic rings. The van der Waals surface area contributed by atoms with Gasteiger partial charge in [-0.15, -0.1) is 10.2 Å². The summed E-state index contributed by atoms with van der Waals surface area (Å²) in [5, 5.41) is 11.7. The van der Waals surface area contributed by atoms with Crippen molar-refractivity contribution in [3.63, 3.8) is 0 Å². The van der Waals surface area contributed by atoms with Crippen molar-refractivity contribution in [1.82, 2.24) is 15.0 Å². The minimum absolute atomic E-state index is 0.0131. The molecule has 3 aromatic rings. The van der Waals surface area contributed by atoms with Crippen LogP contribution in [0.1, 0.15) is 25.3 Å². The topological polar surface area (TPSA) is 59.8 Å². The van der Waals surface area contributed by atoms with E-state index in [-0.39, 0.29) is 11.7 Å². The molecule has 0 bridgehead atoms. The number of carbonyl (C=O) groups is 1. The fourth-order valence-corrected chi connectivity index (χ4v) is 2.33. The minimum atomic E-state index is -0.303. The first-order chi connectivity index (χ1) is 11.1. The van der Waals surface area contributed by atoms with E-state index in [9.17, 15) is 9.18 Å². The van der Waals surface area contributed by atoms with Gasteiger partial charge in [0.1, 0.15) is 16.9 Å². The van der Waals surface area contributed by atoms with Gasteiger partial charge in [-0.1, -0.05) is 6.92 Å². The molecule has 1 amide bonds. The van der Waals surface area contributed by atoms with Crippen molar-refractivity contribution in [3.05, 3.63) is 47.8 Å². The summed E-state index contributed by atoms with van der Waals surface area (Å²) in [6, 6.07) is 9.65. The third-order valence-electron chi connectivity index (χ3n) is 3.54. The number of fused-ring (bicyclic) bond motifs is 1. The Labute approximate surface area is 133 Å². The molecular formula is C17H17FN4O. The van der Waals surface area contributed by atoms with E-state index in [1.807, 2.05) is 26.0 Å². The number of nitrogens with one attached hydrogen (secondary N) is 1. The molecule has 0 saturated carbocycles. The quantitative estimate of drug-likeness (QED) is 0.800. The molecule has 0 atom stereocenters. The number of hydrogen-bond donors (Lipinski definition) is 1. The summed E-state index contributed by atoms with van der Waals surface area (Å²) in [4.78, 5) is 13.2. The van der Waals surface area contributed by atoms with E-state index in [4.69, 9.17) is 0 Å². The summed E-state index contributed by atoms with van der Waals surface area (Å²) in [6.45, 7) is 3.88. The number of hydrogen-bond acceptors (Lipinski definition) is 3. The van der Waals surface area contributed by atoms with Gasteiger partial charge in [-0.25, -0.2) is 4.39 Å². The third kappa shape index (κ3) is 3.21. The molecule has 0 aliphatic carbocycles. The largest absolute Gasteiger partial charge is 0.326 e. The summed E-state index contributed by atoms with van der Waals surface area (Å²) in [5.41, 5.74) is 3.74. The maximum atomic E-state index is 13.0. The Kier molecular flexibility index (Phi) is 4.06. The van der Waals surface area contributed by atoms with Crippen molar-refractivity contribution in [2.45, 2.75) is 26.7 Å². The van der Waals surface area contributed by atoms with E-state index >= 15 is 0 Å². The number of aromatic nitrogens is 3. The Morgan fingerprint density at radius 2 is 1.83 bits per heavy atom. The zero-order valence-electron chi connectivity index (χ0n) is 13.0. The number of aryl methyl sites for hydroxylation is 1. The first kappa shape index (κ1) is 15.1. The molecule has 5 nitrogen and oxygen atoms in total. The van der Waals surface area contributed by atoms with Crippen LogP contribution in [0.25, 0.3) is 16.7 Å². The van der Waals surface area contributed by atoms with Crippen LogP contribution in [0, 0.1) is 12.7 Å². The van der Waals surface area contributed by atoms with Gasteiger partial charge in [0, 0.05) is 12.1 Å². The highest BCUT2D eigenvalue weighted by molar-refractivity contribution is 5.94. The van der Waals surface area contributed by atoms with Gasteiger partial charge in [0.25, 0.3) is 0 Å². The van der Waals surface area contributed by atoms with Gasteiger partial charge in [-0.3, -0.25) is 4.79 Å². The molecule has 0 fully saturated rings. The van der Waals surface area contributed by atoms with Gasteiger partial charge in [0.15, 0.2) is 0 Å². The smallest absolute Gasteiger partial charge is 0.224 e. The summed E-state index contributed by atoms with van der Waals surface area (Å²) >= 11 is 0. The van der Waals surface area contributed by atoms with Crippen LogP contribution in [0.2, 0.25) is 0 Å². The zero-order chi connectivity index (χ0) is 16.4. The van der Waals surface area contributed by atoms with Crippen LogP contribution in [0.3, 0.4) is 0 Å². The standard InChI is InChI=1S/C17H17FN4O/c1-3-4-17(23)19-14-10-16-15(9-11(14)2)20-22(21-16)13-7-5-12(18)6-8-13/h5-10H,3-4H2,1-2H3,(H,19,23). The van der Waals surface area contributed by atoms with E-state index in [0.717, 1.165) is 23.2 Å². The molecule has 1 aromatic heterocycles. The van der Waals surface area contributed by atoms with Crippen molar-refractivity contribution >= 4 is 22.6 Å². The average molecular weight is 312 g/mol. The van der Waals surface area contributed by atoms with Crippen LogP contribution in [0.15, 0.2) is 36.4 Å². The number of carbonyl (C=O) groups excluding carboxylic acids is 1. The average Bonchev–Trinajstić information content (AvgIpc) is 2.91. The van der Waals surface area contributed by atoms with Crippen LogP contribution in [0.5, 0.6) is 0 Å². The van der Waals surface area contributed by atoms with Crippen LogP contribution >= 0.6 is 0 Å². The van der Waals surface area contributed by atoms with Crippen molar-refractivity contribution in [1.29, 1.82) is 0 Å². The van der Waals surface area contributed by atoms with E-state index in [1.54, 1.807) is 12.1 Å². The first-order valence-electron chi connectivity index (χ1n) is 7.50. The lowest BCUT2D eigenvalue weighted by molar-refractivity contribution is -0.116. The fraction of sp³-hybridized carbons (Fsp3) is 0.235. The molecule has 0 unspecified atom stereocenters. The highest BCUT2D eigenvalue weighted by atomic mass is 19.1. The lowest BCUT2D eigenvalue weighted by Gasteiger charge is -2.07. The van der Waals surface area contributed by atoms with Crippen LogP contribution < -0.4 is 5.32 Å². The van der Waals surface area contributed by atoms with Gasteiger partial charge < -0.3 is 5.32 Å². The molecule has 1 N–H and O–H groups in total. The Balaban J connectivity index is 1.96. The Bertz CT molecular complexity index is 855. The predicted octanol–water partition coefficient (Wildman–Crippen LogP) is 3.61. The van der Waals surface area contributed by atoms with E-state index in [1.165, 1.54) is 16.9 Å². The van der Waals surface area contributed by atoms with Gasteiger partial charge in [-0.05, 0) is 55.3 Å². The molecule has 0 aliphatic heterocycles. The third-order valence-corrected chi connectivity index (χ3v) is 3.54. The molecule has 23 heavy (non-hydrogen) atoms. The molecular weight excluding hydrogens is 295 g/mol. The van der Waals surface area contributed by atoms with E-state index in [0.29, 0.717) is 17.6 Å². The fourth-order valence-electron chi connectivity index (χ4n) is 2.33. The Morgan fingerprint density at radius 1 is 1.17 bits per heavy atom. The Morgan fingerprint density at radius 3 is 2.48 bits per heavy atom. The highest BCUT2D eigenvalue weighted by Gasteiger charge is 2.10. The predicted molar refractivity (Wildman–Crippen MR) is 87.1 cm³/mol. The zero-order valence-corrected chi connectivity index (χ0v) is 13.0. The molecule has 0 saturated heterocycles. The summed E-state index contributed by atoms with van der Waals surface area (Å²) < 4.78 is 13.0. The molecule has 118 valence electrons. The number of anilines is 1. The van der Waals surface area contributed by atoms with Gasteiger partial charge >= 0.3 is 0 Å². The summed E-state index contributed by atoms with van der Waals surface area (Å²) in [7, 11) is 0. The van der Waals surface area contributed by atoms with Crippen LogP contribution in [-0.4, -0.2) is 20.9 Å². The molecule has 0 radical (unpaired) electrons. The van der Waals surface area contributed by atoms with Crippen LogP contribution in [-0.2, 0) is 4.79 Å². The van der Waals surface area contributed by atoms with Crippen LogP contribution in [0.4, 0.5) is 10.1 Å². The summed E-state index contributed by atoms with van der Waals surface area (Å²) in [6.07, 6.45) is 1.29. The highest BCUT2D eigenvalue weighted by Crippen LogP contribution is 2.22. The molecule has 3 rings (SSSR count). The maximum Gasteiger partial charge on any atom is 0.224 e. The number of benzene rings is 2. The minimum Gasteiger partial charge on any atom is -0.326 e. The molecule has 6 heteroatoms. The van der Waals surface area contributed by atoms with Gasteiger partial charge in [0.2, 0.25) is 5.91 Å².